The molecule has 4 aromatic rings. The number of hydrogen-bond donors (Lipinski definition) is 0. The number of rotatable bonds is 4. The molecule has 0 radical (unpaired) electrons. The Balaban J connectivity index is 2.15. The smallest absolute Gasteiger partial charge is 0.101 e. The summed E-state index contributed by atoms with van der Waals surface area (Å²) in [5.74, 6) is 0. The molecule has 0 aliphatic heterocycles. The van der Waals surface area contributed by atoms with Crippen LogP contribution in [-0.4, -0.2) is 4.57 Å². The first-order chi connectivity index (χ1) is 15.1. The number of para-hydroxylation sites is 2. The van der Waals surface area contributed by atoms with Crippen LogP contribution in [0.15, 0.2) is 83.9 Å². The van der Waals surface area contributed by atoms with E-state index in [0.717, 1.165) is 43.4 Å². The van der Waals surface area contributed by atoms with Gasteiger partial charge in [0.2, 0.25) is 0 Å². The predicted octanol–water partition coefficient (Wildman–Crippen LogP) is 7.31. The zero-order valence-electron chi connectivity index (χ0n) is 16.9. The third-order valence-electron chi connectivity index (χ3n) is 5.35. The highest BCUT2D eigenvalue weighted by molar-refractivity contribution is 9.10. The van der Waals surface area contributed by atoms with Crippen molar-refractivity contribution < 1.29 is 0 Å². The van der Waals surface area contributed by atoms with Gasteiger partial charge in [-0.3, -0.25) is 0 Å². The molecule has 0 bridgehead atoms. The summed E-state index contributed by atoms with van der Waals surface area (Å²) in [5.41, 5.74) is 6.78. The van der Waals surface area contributed by atoms with E-state index in [4.69, 9.17) is 0 Å². The molecule has 0 saturated heterocycles. The van der Waals surface area contributed by atoms with Crippen molar-refractivity contribution in [3.8, 4) is 29.0 Å². The molecule has 148 valence electrons. The lowest BCUT2D eigenvalue weighted by Crippen LogP contribution is -2.03. The Morgan fingerprint density at radius 3 is 2.29 bits per heavy atom. The van der Waals surface area contributed by atoms with Crippen LogP contribution in [-0.2, 0) is 0 Å². The van der Waals surface area contributed by atoms with Crippen molar-refractivity contribution >= 4 is 32.9 Å². The summed E-state index contributed by atoms with van der Waals surface area (Å²) in [6.07, 6.45) is 5.72. The van der Waals surface area contributed by atoms with Gasteiger partial charge in [0.1, 0.15) is 12.1 Å². The van der Waals surface area contributed by atoms with Crippen LogP contribution in [0.25, 0.3) is 33.8 Å². The Hall–Kier alpha value is -3.86. The lowest BCUT2D eigenvalue weighted by atomic mass is 9.98. The van der Waals surface area contributed by atoms with Gasteiger partial charge < -0.3 is 4.57 Å². The minimum Gasteiger partial charge on any atom is -0.311 e. The number of nitrogens with zero attached hydrogens (tertiary/aromatic N) is 3. The van der Waals surface area contributed by atoms with Crippen LogP contribution in [0.1, 0.15) is 22.4 Å². The predicted molar refractivity (Wildman–Crippen MR) is 130 cm³/mol. The van der Waals surface area contributed by atoms with E-state index < -0.39 is 0 Å². The summed E-state index contributed by atoms with van der Waals surface area (Å²) in [6, 6.07) is 24.0. The highest BCUT2D eigenvalue weighted by atomic mass is 79.9. The summed E-state index contributed by atoms with van der Waals surface area (Å²) in [7, 11) is 0. The number of aromatic nitrogens is 1. The van der Waals surface area contributed by atoms with Crippen LogP contribution in [0.3, 0.4) is 0 Å². The van der Waals surface area contributed by atoms with E-state index in [1.165, 1.54) is 0 Å². The first-order valence-electron chi connectivity index (χ1n) is 9.74. The second kappa shape index (κ2) is 8.48. The molecular weight excluding hydrogens is 446 g/mol. The summed E-state index contributed by atoms with van der Waals surface area (Å²) in [4.78, 5) is 0. The zero-order valence-corrected chi connectivity index (χ0v) is 18.5. The Morgan fingerprint density at radius 2 is 1.58 bits per heavy atom. The second-order valence-electron chi connectivity index (χ2n) is 7.04. The van der Waals surface area contributed by atoms with Gasteiger partial charge in [-0.25, -0.2) is 0 Å². The molecule has 4 rings (SSSR count). The highest BCUT2D eigenvalue weighted by Crippen LogP contribution is 2.39. The van der Waals surface area contributed by atoms with Crippen LogP contribution in [0, 0.1) is 29.6 Å². The van der Waals surface area contributed by atoms with Gasteiger partial charge in [-0.15, -0.1) is 0 Å². The second-order valence-corrected chi connectivity index (χ2v) is 7.83. The minimum absolute atomic E-state index is 0.550. The normalized spacial score (nSPS) is 10.8. The zero-order chi connectivity index (χ0) is 22.0. The molecule has 0 atom stereocenters. The first kappa shape index (κ1) is 20.4. The topological polar surface area (TPSA) is 52.5 Å². The Morgan fingerprint density at radius 1 is 0.903 bits per heavy atom. The molecule has 0 unspecified atom stereocenters. The van der Waals surface area contributed by atoms with Crippen LogP contribution in [0.4, 0.5) is 0 Å². The fourth-order valence-corrected chi connectivity index (χ4v) is 4.54. The van der Waals surface area contributed by atoms with Gasteiger partial charge >= 0.3 is 0 Å². The SMILES string of the molecule is C=C/C=C\c1c(C)n(-c2c(C#N)cccc2-c2cccc(C#N)c2Br)c2ccccc12. The van der Waals surface area contributed by atoms with Crippen molar-refractivity contribution in [1.82, 2.24) is 4.57 Å². The molecule has 0 saturated carbocycles. The standard InChI is InChI=1S/C27H18BrN3/c1-3-4-11-21-18(2)31(25-15-6-5-12-22(21)25)27-20(17-30)10-8-14-24(27)23-13-7-9-19(16-29)26(23)28/h3-15H,1H2,2H3/b11-4-. The van der Waals surface area contributed by atoms with Gasteiger partial charge in [0.05, 0.1) is 22.3 Å². The van der Waals surface area contributed by atoms with Crippen molar-refractivity contribution in [2.75, 3.05) is 0 Å². The molecule has 1 heterocycles. The lowest BCUT2D eigenvalue weighted by molar-refractivity contribution is 1.05. The van der Waals surface area contributed by atoms with Crippen LogP contribution in [0.2, 0.25) is 0 Å². The average molecular weight is 464 g/mol. The third-order valence-corrected chi connectivity index (χ3v) is 6.20. The Bertz CT molecular complexity index is 1440. The molecule has 0 N–H and O–H groups in total. The van der Waals surface area contributed by atoms with Crippen molar-refractivity contribution in [2.45, 2.75) is 6.92 Å². The maximum Gasteiger partial charge on any atom is 0.101 e. The number of allylic oxidation sites excluding steroid dienone is 2. The van der Waals surface area contributed by atoms with Crippen molar-refractivity contribution in [2.24, 2.45) is 0 Å². The van der Waals surface area contributed by atoms with E-state index in [-0.39, 0.29) is 0 Å². The van der Waals surface area contributed by atoms with Gasteiger partial charge in [-0.2, -0.15) is 10.5 Å². The van der Waals surface area contributed by atoms with Crippen molar-refractivity contribution in [3.63, 3.8) is 0 Å². The summed E-state index contributed by atoms with van der Waals surface area (Å²) >= 11 is 3.60. The summed E-state index contributed by atoms with van der Waals surface area (Å²) < 4.78 is 2.85. The first-order valence-corrected chi connectivity index (χ1v) is 10.5. The number of fused-ring (bicyclic) bond motifs is 1. The summed E-state index contributed by atoms with van der Waals surface area (Å²) in [5, 5.41) is 20.6. The van der Waals surface area contributed by atoms with Crippen LogP contribution < -0.4 is 0 Å². The van der Waals surface area contributed by atoms with E-state index in [2.05, 4.69) is 58.3 Å². The molecule has 0 amide bonds. The molecule has 1 aromatic heterocycles. The minimum atomic E-state index is 0.550. The monoisotopic (exact) mass is 463 g/mol. The van der Waals surface area contributed by atoms with E-state index in [0.29, 0.717) is 11.1 Å². The fraction of sp³-hybridized carbons (Fsp3) is 0.0370. The third kappa shape index (κ3) is 3.38. The van der Waals surface area contributed by atoms with Crippen molar-refractivity contribution in [1.29, 1.82) is 10.5 Å². The maximum atomic E-state index is 9.98. The summed E-state index contributed by atoms with van der Waals surface area (Å²) in [6.45, 7) is 5.85. The molecule has 31 heavy (non-hydrogen) atoms. The number of benzene rings is 3. The van der Waals surface area contributed by atoms with Crippen molar-refractivity contribution in [3.05, 3.63) is 106 Å². The average Bonchev–Trinajstić information content (AvgIpc) is 3.08. The highest BCUT2D eigenvalue weighted by Gasteiger charge is 2.21. The quantitative estimate of drug-likeness (QED) is 0.297. The molecule has 0 aliphatic rings. The molecule has 0 aliphatic carbocycles. The maximum absolute atomic E-state index is 9.98. The number of halogens is 1. The van der Waals surface area contributed by atoms with Gasteiger partial charge in [0.15, 0.2) is 0 Å². The van der Waals surface area contributed by atoms with Crippen LogP contribution >= 0.6 is 15.9 Å². The lowest BCUT2D eigenvalue weighted by Gasteiger charge is -2.17. The molecular formula is C27H18BrN3. The number of nitriles is 2. The largest absolute Gasteiger partial charge is 0.311 e. The van der Waals surface area contributed by atoms with Gasteiger partial charge in [0, 0.05) is 26.7 Å². The molecule has 0 spiro atoms. The van der Waals surface area contributed by atoms with E-state index in [9.17, 15) is 10.5 Å². The molecule has 0 fully saturated rings. The Kier molecular flexibility index (Phi) is 5.58. The van der Waals surface area contributed by atoms with E-state index >= 15 is 0 Å². The van der Waals surface area contributed by atoms with Gasteiger partial charge in [-0.1, -0.05) is 67.3 Å². The van der Waals surface area contributed by atoms with Crippen LogP contribution in [0.5, 0.6) is 0 Å². The van der Waals surface area contributed by atoms with E-state index in [1.54, 1.807) is 12.1 Å². The Labute approximate surface area is 189 Å². The molecule has 3 aromatic carbocycles. The van der Waals surface area contributed by atoms with E-state index in [1.807, 2.05) is 54.6 Å². The van der Waals surface area contributed by atoms with Gasteiger partial charge in [-0.05, 0) is 46.6 Å². The molecule has 3 nitrogen and oxygen atoms in total. The number of hydrogen-bond acceptors (Lipinski definition) is 2. The molecule has 4 heteroatoms. The fourth-order valence-electron chi connectivity index (χ4n) is 3.97. The van der Waals surface area contributed by atoms with Gasteiger partial charge in [0.25, 0.3) is 0 Å².